The molecule has 0 aliphatic rings. The molecule has 0 atom stereocenters. The molecular formula is C20H20N8O2. The maximum absolute atomic E-state index is 13.0. The lowest BCUT2D eigenvalue weighted by Gasteiger charge is -2.19. The van der Waals surface area contributed by atoms with Crippen molar-refractivity contribution in [3.63, 3.8) is 0 Å². The van der Waals surface area contributed by atoms with Gasteiger partial charge in [0.15, 0.2) is 5.65 Å². The molecule has 0 spiro atoms. The van der Waals surface area contributed by atoms with Crippen LogP contribution >= 0.6 is 0 Å². The Labute approximate surface area is 171 Å². The van der Waals surface area contributed by atoms with E-state index < -0.39 is 5.91 Å². The number of hydrogen-bond donors (Lipinski definition) is 2. The standard InChI is InChI=1S/C20H20N8O2/c1-3-26(2)17-11-15(25-19-13(18(21)29)12-23-28(17)19)24-14-7-6-10-27(20(14)30)16-8-4-5-9-22-16/h4-12H,3H2,1-2H3,(H2,21,29)(H,24,25). The maximum atomic E-state index is 13.0. The third-order valence-electron chi connectivity index (χ3n) is 4.69. The minimum atomic E-state index is -0.628. The Morgan fingerprint density at radius 3 is 2.80 bits per heavy atom. The first-order valence-electron chi connectivity index (χ1n) is 9.29. The van der Waals surface area contributed by atoms with Crippen LogP contribution in [-0.2, 0) is 0 Å². The molecule has 4 rings (SSSR count). The zero-order valence-electron chi connectivity index (χ0n) is 16.5. The summed E-state index contributed by atoms with van der Waals surface area (Å²) >= 11 is 0. The predicted octanol–water partition coefficient (Wildman–Crippen LogP) is 1.57. The number of carbonyl (C=O) groups excluding carboxylic acids is 1. The van der Waals surface area contributed by atoms with E-state index in [4.69, 9.17) is 5.73 Å². The monoisotopic (exact) mass is 404 g/mol. The zero-order chi connectivity index (χ0) is 21.3. The van der Waals surface area contributed by atoms with Crippen molar-refractivity contribution in [1.29, 1.82) is 0 Å². The summed E-state index contributed by atoms with van der Waals surface area (Å²) in [6, 6.07) is 10.5. The molecule has 0 aliphatic carbocycles. The SMILES string of the molecule is CCN(C)c1cc(Nc2cccn(-c3ccccn3)c2=O)nc2c(C(N)=O)cnn12. The molecule has 0 unspecified atom stereocenters. The van der Waals surface area contributed by atoms with E-state index in [1.54, 1.807) is 47.2 Å². The summed E-state index contributed by atoms with van der Waals surface area (Å²) < 4.78 is 2.99. The molecule has 0 fully saturated rings. The molecule has 0 radical (unpaired) electrons. The molecule has 0 aromatic carbocycles. The van der Waals surface area contributed by atoms with Gasteiger partial charge >= 0.3 is 0 Å². The number of nitrogens with two attached hydrogens (primary N) is 1. The van der Waals surface area contributed by atoms with Gasteiger partial charge in [-0.2, -0.15) is 9.61 Å². The number of pyridine rings is 2. The Morgan fingerprint density at radius 2 is 2.10 bits per heavy atom. The second-order valence-corrected chi connectivity index (χ2v) is 6.58. The van der Waals surface area contributed by atoms with E-state index in [2.05, 4.69) is 20.4 Å². The predicted molar refractivity (Wildman–Crippen MR) is 114 cm³/mol. The Hall–Kier alpha value is -4.21. The molecule has 3 N–H and O–H groups in total. The fourth-order valence-electron chi connectivity index (χ4n) is 3.02. The van der Waals surface area contributed by atoms with Gasteiger partial charge < -0.3 is 16.0 Å². The van der Waals surface area contributed by atoms with Gasteiger partial charge in [-0.1, -0.05) is 6.07 Å². The van der Waals surface area contributed by atoms with Crippen molar-refractivity contribution in [3.05, 3.63) is 70.9 Å². The molecule has 0 saturated heterocycles. The molecule has 4 heterocycles. The van der Waals surface area contributed by atoms with Gasteiger partial charge in [0.25, 0.3) is 11.5 Å². The Balaban J connectivity index is 1.82. The first kappa shape index (κ1) is 19.1. The minimum absolute atomic E-state index is 0.198. The van der Waals surface area contributed by atoms with E-state index in [1.807, 2.05) is 24.9 Å². The van der Waals surface area contributed by atoms with Gasteiger partial charge in [-0.05, 0) is 31.2 Å². The second kappa shape index (κ2) is 7.66. The average Bonchev–Trinajstić information content (AvgIpc) is 3.19. The summed E-state index contributed by atoms with van der Waals surface area (Å²) in [5, 5.41) is 7.30. The van der Waals surface area contributed by atoms with Crippen molar-refractivity contribution in [2.24, 2.45) is 5.73 Å². The summed E-state index contributed by atoms with van der Waals surface area (Å²) in [7, 11) is 1.89. The Morgan fingerprint density at radius 1 is 1.27 bits per heavy atom. The highest BCUT2D eigenvalue weighted by Crippen LogP contribution is 2.23. The number of hydrogen-bond acceptors (Lipinski definition) is 7. The quantitative estimate of drug-likeness (QED) is 0.500. The van der Waals surface area contributed by atoms with Crippen LogP contribution in [0, 0.1) is 0 Å². The smallest absolute Gasteiger partial charge is 0.279 e. The highest BCUT2D eigenvalue weighted by atomic mass is 16.1. The van der Waals surface area contributed by atoms with Crippen molar-refractivity contribution in [1.82, 2.24) is 24.1 Å². The van der Waals surface area contributed by atoms with E-state index in [9.17, 15) is 9.59 Å². The van der Waals surface area contributed by atoms with Gasteiger partial charge in [0.2, 0.25) is 0 Å². The maximum Gasteiger partial charge on any atom is 0.279 e. The van der Waals surface area contributed by atoms with Gasteiger partial charge in [0, 0.05) is 32.1 Å². The summed E-state index contributed by atoms with van der Waals surface area (Å²) in [6.45, 7) is 2.68. The molecule has 30 heavy (non-hydrogen) atoms. The van der Waals surface area contributed by atoms with Crippen LogP contribution in [0.2, 0.25) is 0 Å². The van der Waals surface area contributed by atoms with Crippen LogP contribution in [0.5, 0.6) is 0 Å². The van der Waals surface area contributed by atoms with Crippen molar-refractivity contribution in [3.8, 4) is 5.82 Å². The van der Waals surface area contributed by atoms with Crippen LogP contribution in [0.4, 0.5) is 17.3 Å². The highest BCUT2D eigenvalue weighted by Gasteiger charge is 2.17. The van der Waals surface area contributed by atoms with Gasteiger partial charge in [-0.25, -0.2) is 9.97 Å². The average molecular weight is 404 g/mol. The molecular weight excluding hydrogens is 384 g/mol. The number of anilines is 3. The largest absolute Gasteiger partial charge is 0.365 e. The van der Waals surface area contributed by atoms with E-state index in [0.29, 0.717) is 35.3 Å². The molecule has 152 valence electrons. The first-order valence-corrected chi connectivity index (χ1v) is 9.29. The molecule has 1 amide bonds. The van der Waals surface area contributed by atoms with E-state index >= 15 is 0 Å². The first-order chi connectivity index (χ1) is 14.5. The van der Waals surface area contributed by atoms with Gasteiger partial charge in [0.05, 0.1) is 6.20 Å². The fraction of sp³-hybridized carbons (Fsp3) is 0.150. The molecule has 10 heteroatoms. The Bertz CT molecular complexity index is 1280. The number of primary amides is 1. The molecule has 0 bridgehead atoms. The van der Waals surface area contributed by atoms with Gasteiger partial charge in [-0.15, -0.1) is 0 Å². The highest BCUT2D eigenvalue weighted by molar-refractivity contribution is 5.99. The molecule has 4 aromatic heterocycles. The fourth-order valence-corrected chi connectivity index (χ4v) is 3.02. The minimum Gasteiger partial charge on any atom is -0.365 e. The van der Waals surface area contributed by atoms with Crippen LogP contribution in [-0.4, -0.2) is 43.6 Å². The summed E-state index contributed by atoms with van der Waals surface area (Å²) in [5.41, 5.74) is 6.00. The number of nitrogens with one attached hydrogen (secondary N) is 1. The third-order valence-corrected chi connectivity index (χ3v) is 4.69. The normalized spacial score (nSPS) is 10.9. The lowest BCUT2D eigenvalue weighted by Crippen LogP contribution is -2.22. The molecule has 4 aromatic rings. The van der Waals surface area contributed by atoms with Crippen LogP contribution in [0.3, 0.4) is 0 Å². The molecule has 0 saturated carbocycles. The van der Waals surface area contributed by atoms with E-state index in [1.165, 1.54) is 10.8 Å². The van der Waals surface area contributed by atoms with Crippen molar-refractivity contribution in [2.45, 2.75) is 6.92 Å². The summed E-state index contributed by atoms with van der Waals surface area (Å²) in [4.78, 5) is 35.4. The lowest BCUT2D eigenvalue weighted by molar-refractivity contribution is 0.100. The number of nitrogens with zero attached hydrogens (tertiary/aromatic N) is 6. The van der Waals surface area contributed by atoms with Gasteiger partial charge in [-0.3, -0.25) is 14.2 Å². The molecule has 0 aliphatic heterocycles. The number of amides is 1. The van der Waals surface area contributed by atoms with Crippen LogP contribution < -0.4 is 21.5 Å². The van der Waals surface area contributed by atoms with Gasteiger partial charge in [0.1, 0.15) is 28.7 Å². The van der Waals surface area contributed by atoms with Crippen molar-refractivity contribution < 1.29 is 4.79 Å². The molecule has 10 nitrogen and oxygen atoms in total. The van der Waals surface area contributed by atoms with E-state index in [0.717, 1.165) is 0 Å². The van der Waals surface area contributed by atoms with Crippen LogP contribution in [0.1, 0.15) is 17.3 Å². The zero-order valence-corrected chi connectivity index (χ0v) is 16.5. The lowest BCUT2D eigenvalue weighted by atomic mass is 10.3. The summed E-state index contributed by atoms with van der Waals surface area (Å²) in [6.07, 6.45) is 4.65. The van der Waals surface area contributed by atoms with Crippen LogP contribution in [0.25, 0.3) is 11.5 Å². The third kappa shape index (κ3) is 3.34. The van der Waals surface area contributed by atoms with E-state index in [-0.39, 0.29) is 11.1 Å². The Kier molecular flexibility index (Phi) is 4.88. The van der Waals surface area contributed by atoms with Crippen molar-refractivity contribution >= 4 is 28.9 Å². The number of carbonyl (C=O) groups is 1. The van der Waals surface area contributed by atoms with Crippen LogP contribution in [0.15, 0.2) is 59.8 Å². The number of aromatic nitrogens is 5. The number of fused-ring (bicyclic) bond motifs is 1. The topological polar surface area (TPSA) is 123 Å². The second-order valence-electron chi connectivity index (χ2n) is 6.58. The summed E-state index contributed by atoms with van der Waals surface area (Å²) in [5.74, 6) is 0.958. The van der Waals surface area contributed by atoms with Crippen molar-refractivity contribution in [2.75, 3.05) is 23.8 Å². The number of rotatable bonds is 6.